The van der Waals surface area contributed by atoms with Crippen LogP contribution in [0.1, 0.15) is 31.1 Å². The molecule has 1 fully saturated rings. The smallest absolute Gasteiger partial charge is 0.150 e. The fourth-order valence-electron chi connectivity index (χ4n) is 2.47. The summed E-state index contributed by atoms with van der Waals surface area (Å²) >= 11 is 0. The summed E-state index contributed by atoms with van der Waals surface area (Å²) in [6.45, 7) is 0.888. The van der Waals surface area contributed by atoms with Crippen LogP contribution in [0, 0.1) is 0 Å². The summed E-state index contributed by atoms with van der Waals surface area (Å²) in [5.41, 5.74) is 3.09. The van der Waals surface area contributed by atoms with Crippen LogP contribution in [0.25, 0.3) is 11.3 Å². The van der Waals surface area contributed by atoms with Crippen LogP contribution in [0.3, 0.4) is 0 Å². The second kappa shape index (κ2) is 5.55. The zero-order valence-corrected chi connectivity index (χ0v) is 10.8. The average molecular weight is 258 g/mol. The van der Waals surface area contributed by atoms with Crippen molar-refractivity contribution in [2.45, 2.75) is 32.1 Å². The molecule has 1 aliphatic rings. The van der Waals surface area contributed by atoms with Crippen LogP contribution in [-0.4, -0.2) is 21.5 Å². The van der Waals surface area contributed by atoms with E-state index in [-0.39, 0.29) is 12.8 Å². The van der Waals surface area contributed by atoms with Gasteiger partial charge >= 0.3 is 0 Å². The van der Waals surface area contributed by atoms with Crippen molar-refractivity contribution in [2.75, 3.05) is 6.61 Å². The van der Waals surface area contributed by atoms with Crippen LogP contribution in [0.2, 0.25) is 0 Å². The van der Waals surface area contributed by atoms with Gasteiger partial charge in [-0.3, -0.25) is 0 Å². The minimum atomic E-state index is 0.0521. The highest BCUT2D eigenvalue weighted by Crippen LogP contribution is 2.28. The van der Waals surface area contributed by atoms with Crippen molar-refractivity contribution in [3.8, 4) is 11.3 Å². The zero-order valence-electron chi connectivity index (χ0n) is 10.8. The van der Waals surface area contributed by atoms with Gasteiger partial charge < -0.3 is 9.84 Å². The Morgan fingerprint density at radius 3 is 2.74 bits per heavy atom. The lowest BCUT2D eigenvalue weighted by Crippen LogP contribution is -2.19. The summed E-state index contributed by atoms with van der Waals surface area (Å²) in [6, 6.07) is 9.92. The molecule has 4 heteroatoms. The number of nitrogens with zero attached hydrogens (tertiary/aromatic N) is 2. The molecule has 1 N–H and O–H groups in total. The molecular weight excluding hydrogens is 240 g/mol. The van der Waals surface area contributed by atoms with E-state index in [0.29, 0.717) is 0 Å². The van der Waals surface area contributed by atoms with E-state index in [1.54, 1.807) is 0 Å². The largest absolute Gasteiger partial charge is 0.392 e. The van der Waals surface area contributed by atoms with E-state index in [9.17, 15) is 0 Å². The molecule has 0 spiro atoms. The van der Waals surface area contributed by atoms with E-state index in [4.69, 9.17) is 9.84 Å². The third kappa shape index (κ3) is 2.55. The van der Waals surface area contributed by atoms with Crippen molar-refractivity contribution in [1.29, 1.82) is 0 Å². The van der Waals surface area contributed by atoms with Crippen LogP contribution in [0.4, 0.5) is 0 Å². The van der Waals surface area contributed by atoms with Crippen LogP contribution >= 0.6 is 0 Å². The van der Waals surface area contributed by atoms with Gasteiger partial charge in [-0.25, -0.2) is 4.68 Å². The van der Waals surface area contributed by atoms with Gasteiger partial charge in [-0.1, -0.05) is 24.3 Å². The van der Waals surface area contributed by atoms with Crippen LogP contribution in [0.5, 0.6) is 0 Å². The Balaban J connectivity index is 1.89. The van der Waals surface area contributed by atoms with Gasteiger partial charge in [0.25, 0.3) is 0 Å². The Kier molecular flexibility index (Phi) is 3.62. The molecule has 1 aliphatic heterocycles. The highest BCUT2D eigenvalue weighted by molar-refractivity contribution is 5.59. The molecule has 1 atom stereocenters. The first-order valence-electron chi connectivity index (χ1n) is 6.74. The molecule has 0 amide bonds. The van der Waals surface area contributed by atoms with Gasteiger partial charge in [0.15, 0.2) is 6.23 Å². The third-order valence-electron chi connectivity index (χ3n) is 3.53. The average Bonchev–Trinajstić information content (AvgIpc) is 2.98. The molecule has 3 rings (SSSR count). The maximum atomic E-state index is 9.08. The van der Waals surface area contributed by atoms with E-state index in [1.165, 1.54) is 6.42 Å². The van der Waals surface area contributed by atoms with Crippen molar-refractivity contribution >= 4 is 0 Å². The number of rotatable bonds is 3. The monoisotopic (exact) mass is 258 g/mol. The topological polar surface area (TPSA) is 47.3 Å². The van der Waals surface area contributed by atoms with Gasteiger partial charge in [0.05, 0.1) is 12.3 Å². The second-order valence-corrected chi connectivity index (χ2v) is 4.84. The predicted octanol–water partition coefficient (Wildman–Crippen LogP) is 2.74. The molecule has 4 nitrogen and oxygen atoms in total. The number of aliphatic hydroxyl groups excluding tert-OH is 1. The predicted molar refractivity (Wildman–Crippen MR) is 72.4 cm³/mol. The number of aromatic nitrogens is 2. The van der Waals surface area contributed by atoms with Crippen molar-refractivity contribution in [1.82, 2.24) is 9.78 Å². The number of aliphatic hydroxyl groups is 1. The van der Waals surface area contributed by atoms with Gasteiger partial charge in [-0.2, -0.15) is 5.10 Å². The Labute approximate surface area is 112 Å². The molecule has 1 aromatic heterocycles. The molecule has 0 radical (unpaired) electrons. The van der Waals surface area contributed by atoms with E-state index in [1.807, 2.05) is 41.2 Å². The summed E-state index contributed by atoms with van der Waals surface area (Å²) < 4.78 is 7.76. The highest BCUT2D eigenvalue weighted by Gasteiger charge is 2.19. The van der Waals surface area contributed by atoms with E-state index in [2.05, 4.69) is 5.10 Å². The first-order valence-corrected chi connectivity index (χ1v) is 6.74. The standard InChI is InChI=1S/C15H18N2O2/c18-11-12-4-6-13(7-5-12)14-8-9-16-17(14)15-3-1-2-10-19-15/h4-9,15,18H,1-3,10-11H2. The first-order chi connectivity index (χ1) is 9.38. The van der Waals surface area contributed by atoms with Gasteiger partial charge in [0.1, 0.15) is 0 Å². The Morgan fingerprint density at radius 2 is 2.05 bits per heavy atom. The number of hydrogen-bond donors (Lipinski definition) is 1. The van der Waals surface area contributed by atoms with Crippen LogP contribution < -0.4 is 0 Å². The molecule has 100 valence electrons. The molecule has 1 unspecified atom stereocenters. The highest BCUT2D eigenvalue weighted by atomic mass is 16.5. The summed E-state index contributed by atoms with van der Waals surface area (Å²) in [5, 5.41) is 13.5. The van der Waals surface area contributed by atoms with Crippen molar-refractivity contribution in [3.05, 3.63) is 42.1 Å². The number of benzene rings is 1. The lowest BCUT2D eigenvalue weighted by Gasteiger charge is -2.24. The lowest BCUT2D eigenvalue weighted by atomic mass is 10.1. The molecule has 19 heavy (non-hydrogen) atoms. The minimum absolute atomic E-state index is 0.0521. The van der Waals surface area contributed by atoms with Gasteiger partial charge in [0, 0.05) is 12.8 Å². The molecule has 2 aromatic rings. The van der Waals surface area contributed by atoms with Gasteiger partial charge in [0.2, 0.25) is 0 Å². The molecule has 0 bridgehead atoms. The molecule has 2 heterocycles. The second-order valence-electron chi connectivity index (χ2n) is 4.84. The van der Waals surface area contributed by atoms with Crippen LogP contribution in [-0.2, 0) is 11.3 Å². The normalized spacial score (nSPS) is 19.5. The van der Waals surface area contributed by atoms with E-state index >= 15 is 0 Å². The quantitative estimate of drug-likeness (QED) is 0.920. The molecule has 1 aromatic carbocycles. The Morgan fingerprint density at radius 1 is 1.21 bits per heavy atom. The van der Waals surface area contributed by atoms with Crippen molar-refractivity contribution in [3.63, 3.8) is 0 Å². The van der Waals surface area contributed by atoms with Gasteiger partial charge in [-0.05, 0) is 36.5 Å². The maximum absolute atomic E-state index is 9.08. The summed E-state index contributed by atoms with van der Waals surface area (Å²) in [5.74, 6) is 0. The fraction of sp³-hybridized carbons (Fsp3) is 0.400. The van der Waals surface area contributed by atoms with Gasteiger partial charge in [-0.15, -0.1) is 0 Å². The Bertz CT molecular complexity index is 527. The lowest BCUT2D eigenvalue weighted by molar-refractivity contribution is -0.0383. The van der Waals surface area contributed by atoms with E-state index < -0.39 is 0 Å². The summed E-state index contributed by atoms with van der Waals surface area (Å²) in [4.78, 5) is 0. The van der Waals surface area contributed by atoms with Crippen molar-refractivity contribution < 1.29 is 9.84 Å². The SMILES string of the molecule is OCc1ccc(-c2ccnn2C2CCCCO2)cc1. The summed E-state index contributed by atoms with van der Waals surface area (Å²) in [6.07, 6.45) is 5.21. The van der Waals surface area contributed by atoms with Crippen LogP contribution in [0.15, 0.2) is 36.5 Å². The molecular formula is C15H18N2O2. The Hall–Kier alpha value is -1.65. The minimum Gasteiger partial charge on any atom is -0.392 e. The number of ether oxygens (including phenoxy) is 1. The van der Waals surface area contributed by atoms with Crippen molar-refractivity contribution in [2.24, 2.45) is 0 Å². The first kappa shape index (κ1) is 12.4. The summed E-state index contributed by atoms with van der Waals surface area (Å²) in [7, 11) is 0. The third-order valence-corrected chi connectivity index (χ3v) is 3.53. The molecule has 0 saturated carbocycles. The maximum Gasteiger partial charge on any atom is 0.150 e. The molecule has 1 saturated heterocycles. The zero-order chi connectivity index (χ0) is 13.1. The fourth-order valence-corrected chi connectivity index (χ4v) is 2.47. The molecule has 0 aliphatic carbocycles. The number of hydrogen-bond acceptors (Lipinski definition) is 3. The van der Waals surface area contributed by atoms with E-state index in [0.717, 1.165) is 36.3 Å².